The van der Waals surface area contributed by atoms with Crippen molar-refractivity contribution in [3.63, 3.8) is 0 Å². The van der Waals surface area contributed by atoms with Gasteiger partial charge in [0.2, 0.25) is 11.8 Å². The fraction of sp³-hybridized carbons (Fsp3) is 0.400. The van der Waals surface area contributed by atoms with Crippen molar-refractivity contribution in [3.05, 3.63) is 30.1 Å². The molecule has 6 nitrogen and oxygen atoms in total. The summed E-state index contributed by atoms with van der Waals surface area (Å²) in [5, 5.41) is 13.3. The van der Waals surface area contributed by atoms with E-state index in [2.05, 4.69) is 10.6 Å². The molecule has 1 rings (SSSR count). The zero-order valence-corrected chi connectivity index (χ0v) is 13.7. The van der Waals surface area contributed by atoms with Crippen LogP contribution in [-0.2, 0) is 14.4 Å². The Hall–Kier alpha value is -2.09. The van der Waals surface area contributed by atoms with Gasteiger partial charge in [-0.25, -0.2) is 4.39 Å². The monoisotopic (exact) mass is 342 g/mol. The Kier molecular flexibility index (Phi) is 7.53. The molecule has 1 aromatic carbocycles. The Morgan fingerprint density at radius 3 is 2.39 bits per heavy atom. The number of nitrogens with one attached hydrogen (secondary N) is 2. The van der Waals surface area contributed by atoms with Crippen molar-refractivity contribution in [1.29, 1.82) is 0 Å². The third-order valence-corrected chi connectivity index (χ3v) is 3.97. The van der Waals surface area contributed by atoms with Crippen molar-refractivity contribution in [2.75, 3.05) is 11.1 Å². The first-order valence-electron chi connectivity index (χ1n) is 6.97. The zero-order chi connectivity index (χ0) is 17.4. The van der Waals surface area contributed by atoms with Gasteiger partial charge >= 0.3 is 5.97 Å². The molecule has 8 heteroatoms. The van der Waals surface area contributed by atoms with Gasteiger partial charge < -0.3 is 15.7 Å². The van der Waals surface area contributed by atoms with Gasteiger partial charge in [-0.15, -0.1) is 11.8 Å². The maximum absolute atomic E-state index is 12.8. The highest BCUT2D eigenvalue weighted by Crippen LogP contribution is 2.13. The minimum atomic E-state index is -0.989. The molecule has 0 aliphatic heterocycles. The van der Waals surface area contributed by atoms with Crippen LogP contribution in [0.15, 0.2) is 24.3 Å². The van der Waals surface area contributed by atoms with Crippen molar-refractivity contribution in [2.45, 2.75) is 31.6 Å². The number of carbonyl (C=O) groups is 3. The summed E-state index contributed by atoms with van der Waals surface area (Å²) in [6.07, 6.45) is -0.159. The average molecular weight is 342 g/mol. The second-order valence-corrected chi connectivity index (χ2v) is 6.34. The molecule has 1 aromatic rings. The summed E-state index contributed by atoms with van der Waals surface area (Å²) in [5.74, 6) is -1.95. The summed E-state index contributed by atoms with van der Waals surface area (Å²) in [7, 11) is 0. The Balaban J connectivity index is 2.35. The van der Waals surface area contributed by atoms with E-state index in [-0.39, 0.29) is 24.0 Å². The van der Waals surface area contributed by atoms with E-state index >= 15 is 0 Å². The number of carboxylic acids is 1. The van der Waals surface area contributed by atoms with Gasteiger partial charge in [0.25, 0.3) is 0 Å². The smallest absolute Gasteiger partial charge is 0.305 e. The molecule has 0 saturated carbocycles. The van der Waals surface area contributed by atoms with E-state index in [9.17, 15) is 18.8 Å². The number of hydrogen-bond donors (Lipinski definition) is 3. The van der Waals surface area contributed by atoms with Gasteiger partial charge in [-0.3, -0.25) is 14.4 Å². The molecule has 126 valence electrons. The zero-order valence-electron chi connectivity index (χ0n) is 12.8. The molecular weight excluding hydrogens is 323 g/mol. The highest BCUT2D eigenvalue weighted by molar-refractivity contribution is 8.01. The third kappa shape index (κ3) is 7.64. The molecule has 0 aliphatic rings. The number of hydrogen-bond acceptors (Lipinski definition) is 4. The molecule has 2 unspecified atom stereocenters. The number of rotatable bonds is 8. The van der Waals surface area contributed by atoms with Crippen LogP contribution < -0.4 is 10.6 Å². The van der Waals surface area contributed by atoms with Crippen molar-refractivity contribution in [2.24, 2.45) is 0 Å². The van der Waals surface area contributed by atoms with Gasteiger partial charge in [0.1, 0.15) is 5.82 Å². The molecule has 3 N–H and O–H groups in total. The summed E-state index contributed by atoms with van der Waals surface area (Å²) >= 11 is 1.13. The second-order valence-electron chi connectivity index (χ2n) is 5.02. The predicted molar refractivity (Wildman–Crippen MR) is 86.8 cm³/mol. The van der Waals surface area contributed by atoms with E-state index in [1.807, 2.05) is 0 Å². The standard InChI is InChI=1S/C15H19FN2O4S/c1-9(7-14(20)21)17-15(22)10(2)23-8-13(19)18-12-5-3-11(16)4-6-12/h3-6,9-10H,7-8H2,1-2H3,(H,17,22)(H,18,19)(H,20,21). The maximum atomic E-state index is 12.8. The van der Waals surface area contributed by atoms with Gasteiger partial charge in [-0.2, -0.15) is 0 Å². The number of aliphatic carboxylic acids is 1. The van der Waals surface area contributed by atoms with Crippen LogP contribution in [0.3, 0.4) is 0 Å². The topological polar surface area (TPSA) is 95.5 Å². The molecule has 0 bridgehead atoms. The maximum Gasteiger partial charge on any atom is 0.305 e. The van der Waals surface area contributed by atoms with Crippen molar-refractivity contribution in [1.82, 2.24) is 5.32 Å². The molecule has 0 radical (unpaired) electrons. The largest absolute Gasteiger partial charge is 0.481 e. The number of thioether (sulfide) groups is 1. The van der Waals surface area contributed by atoms with Crippen molar-refractivity contribution in [3.8, 4) is 0 Å². The van der Waals surface area contributed by atoms with E-state index in [1.54, 1.807) is 13.8 Å². The van der Waals surface area contributed by atoms with E-state index in [1.165, 1.54) is 24.3 Å². The summed E-state index contributed by atoms with van der Waals surface area (Å²) in [6.45, 7) is 3.24. The number of halogens is 1. The van der Waals surface area contributed by atoms with E-state index in [4.69, 9.17) is 5.11 Å². The fourth-order valence-corrected chi connectivity index (χ4v) is 2.37. The summed E-state index contributed by atoms with van der Waals surface area (Å²) in [4.78, 5) is 34.1. The Labute approximate surface area is 137 Å². The number of carbonyl (C=O) groups excluding carboxylic acids is 2. The quantitative estimate of drug-likeness (QED) is 0.670. The number of amides is 2. The van der Waals surface area contributed by atoms with Gasteiger partial charge in [0.05, 0.1) is 17.4 Å². The van der Waals surface area contributed by atoms with Gasteiger partial charge in [0, 0.05) is 11.7 Å². The first kappa shape index (κ1) is 19.0. The van der Waals surface area contributed by atoms with Crippen molar-refractivity contribution >= 4 is 35.2 Å². The van der Waals surface area contributed by atoms with Crippen LogP contribution in [0.2, 0.25) is 0 Å². The van der Waals surface area contributed by atoms with Crippen LogP contribution in [0, 0.1) is 5.82 Å². The molecule has 2 atom stereocenters. The third-order valence-electron chi connectivity index (χ3n) is 2.83. The summed E-state index contributed by atoms with van der Waals surface area (Å²) in [5.41, 5.74) is 0.476. The molecule has 0 aromatic heterocycles. The Morgan fingerprint density at radius 2 is 1.83 bits per heavy atom. The van der Waals surface area contributed by atoms with Crippen molar-refractivity contribution < 1.29 is 23.9 Å². The Bertz CT molecular complexity index is 565. The highest BCUT2D eigenvalue weighted by Gasteiger charge is 2.18. The lowest BCUT2D eigenvalue weighted by atomic mass is 10.2. The Morgan fingerprint density at radius 1 is 1.22 bits per heavy atom. The van der Waals surface area contributed by atoms with Gasteiger partial charge in [0.15, 0.2) is 0 Å². The summed E-state index contributed by atoms with van der Waals surface area (Å²) in [6, 6.07) is 4.89. The van der Waals surface area contributed by atoms with E-state index in [0.717, 1.165) is 11.8 Å². The summed E-state index contributed by atoms with van der Waals surface area (Å²) < 4.78 is 12.8. The number of benzene rings is 1. The van der Waals surface area contributed by atoms with Crippen LogP contribution in [-0.4, -0.2) is 39.9 Å². The minimum absolute atomic E-state index is 0.0548. The molecule has 0 spiro atoms. The molecule has 2 amide bonds. The SMILES string of the molecule is CC(CC(=O)O)NC(=O)C(C)SCC(=O)Nc1ccc(F)cc1. The molecule has 0 heterocycles. The van der Waals surface area contributed by atoms with Crippen LogP contribution in [0.25, 0.3) is 0 Å². The van der Waals surface area contributed by atoms with Crippen LogP contribution in [0.1, 0.15) is 20.3 Å². The molecule has 23 heavy (non-hydrogen) atoms. The van der Waals surface area contributed by atoms with E-state index in [0.29, 0.717) is 5.69 Å². The lowest BCUT2D eigenvalue weighted by Crippen LogP contribution is -2.39. The average Bonchev–Trinajstić information content (AvgIpc) is 2.46. The molecule has 0 saturated heterocycles. The normalized spacial score (nSPS) is 13.0. The van der Waals surface area contributed by atoms with Crippen LogP contribution >= 0.6 is 11.8 Å². The first-order valence-corrected chi connectivity index (χ1v) is 8.02. The van der Waals surface area contributed by atoms with Crippen LogP contribution in [0.5, 0.6) is 0 Å². The fourth-order valence-electron chi connectivity index (χ4n) is 1.68. The molecular formula is C15H19FN2O4S. The van der Waals surface area contributed by atoms with Gasteiger partial charge in [-0.05, 0) is 38.1 Å². The molecule has 0 aliphatic carbocycles. The van der Waals surface area contributed by atoms with Crippen LogP contribution in [0.4, 0.5) is 10.1 Å². The highest BCUT2D eigenvalue weighted by atomic mass is 32.2. The lowest BCUT2D eigenvalue weighted by molar-refractivity contribution is -0.137. The van der Waals surface area contributed by atoms with E-state index < -0.39 is 23.1 Å². The minimum Gasteiger partial charge on any atom is -0.481 e. The number of carboxylic acid groups (broad SMARTS) is 1. The number of anilines is 1. The lowest BCUT2D eigenvalue weighted by Gasteiger charge is -2.16. The first-order chi connectivity index (χ1) is 10.8. The molecule has 0 fully saturated rings. The predicted octanol–water partition coefficient (Wildman–Crippen LogP) is 1.87. The second kappa shape index (κ2) is 9.14. The van der Waals surface area contributed by atoms with Gasteiger partial charge in [-0.1, -0.05) is 0 Å².